The zero-order valence-corrected chi connectivity index (χ0v) is 17.3. The third-order valence-electron chi connectivity index (χ3n) is 5.72. The predicted octanol–water partition coefficient (Wildman–Crippen LogP) is 4.16. The lowest BCUT2D eigenvalue weighted by Gasteiger charge is -2.31. The number of carbonyl (C=O) groups excluding carboxylic acids is 1. The topological polar surface area (TPSA) is 68.5 Å². The predicted molar refractivity (Wildman–Crippen MR) is 114 cm³/mol. The van der Waals surface area contributed by atoms with E-state index in [1.54, 1.807) is 7.11 Å². The molecule has 0 saturated carbocycles. The minimum Gasteiger partial charge on any atom is -0.497 e. The van der Waals surface area contributed by atoms with Gasteiger partial charge in [0.2, 0.25) is 17.6 Å². The van der Waals surface area contributed by atoms with Crippen molar-refractivity contribution in [3.8, 4) is 17.1 Å². The lowest BCUT2D eigenvalue weighted by Crippen LogP contribution is -2.39. The SMILES string of the molecule is COc1ccc(CCC(=O)N2CCC(Cc3nc(-c4ccccc4)no3)CC2)cc1. The first-order chi connectivity index (χ1) is 14.7. The molecule has 4 rings (SSSR count). The van der Waals surface area contributed by atoms with Gasteiger partial charge in [-0.05, 0) is 42.9 Å². The van der Waals surface area contributed by atoms with Crippen molar-refractivity contribution >= 4 is 5.91 Å². The third-order valence-corrected chi connectivity index (χ3v) is 5.72. The molecule has 1 saturated heterocycles. The van der Waals surface area contributed by atoms with E-state index in [4.69, 9.17) is 9.26 Å². The molecule has 0 bridgehead atoms. The van der Waals surface area contributed by atoms with E-state index in [1.165, 1.54) is 0 Å². The van der Waals surface area contributed by atoms with E-state index in [-0.39, 0.29) is 5.91 Å². The number of aromatic nitrogens is 2. The Morgan fingerprint density at radius 3 is 2.53 bits per heavy atom. The van der Waals surface area contributed by atoms with Gasteiger partial charge >= 0.3 is 0 Å². The number of piperidine rings is 1. The molecule has 0 spiro atoms. The summed E-state index contributed by atoms with van der Waals surface area (Å²) in [6, 6.07) is 17.8. The molecule has 0 atom stereocenters. The number of benzene rings is 2. The van der Waals surface area contributed by atoms with Crippen molar-refractivity contribution < 1.29 is 14.1 Å². The Hall–Kier alpha value is -3.15. The fraction of sp³-hybridized carbons (Fsp3) is 0.375. The van der Waals surface area contributed by atoms with Crippen LogP contribution in [0.25, 0.3) is 11.4 Å². The molecule has 1 fully saturated rings. The maximum absolute atomic E-state index is 12.6. The summed E-state index contributed by atoms with van der Waals surface area (Å²) in [5.41, 5.74) is 2.12. The molecule has 1 amide bonds. The molecule has 0 radical (unpaired) electrons. The van der Waals surface area contributed by atoms with Gasteiger partial charge in [0, 0.05) is 31.5 Å². The highest BCUT2D eigenvalue weighted by Gasteiger charge is 2.24. The first kappa shape index (κ1) is 20.1. The van der Waals surface area contributed by atoms with Crippen molar-refractivity contribution in [2.75, 3.05) is 20.2 Å². The van der Waals surface area contributed by atoms with Crippen LogP contribution in [-0.4, -0.2) is 41.1 Å². The maximum Gasteiger partial charge on any atom is 0.227 e. The number of ether oxygens (including phenoxy) is 1. The van der Waals surface area contributed by atoms with Crippen LogP contribution in [0.15, 0.2) is 59.1 Å². The lowest BCUT2D eigenvalue weighted by molar-refractivity contribution is -0.132. The Morgan fingerprint density at radius 2 is 1.83 bits per heavy atom. The molecule has 156 valence electrons. The van der Waals surface area contributed by atoms with Crippen molar-refractivity contribution in [3.63, 3.8) is 0 Å². The van der Waals surface area contributed by atoms with E-state index in [9.17, 15) is 4.79 Å². The highest BCUT2D eigenvalue weighted by Crippen LogP contribution is 2.23. The minimum absolute atomic E-state index is 0.230. The second kappa shape index (κ2) is 9.57. The fourth-order valence-electron chi connectivity index (χ4n) is 3.88. The van der Waals surface area contributed by atoms with Crippen LogP contribution in [0.2, 0.25) is 0 Å². The number of carbonyl (C=O) groups is 1. The molecule has 2 aromatic carbocycles. The minimum atomic E-state index is 0.230. The van der Waals surface area contributed by atoms with Gasteiger partial charge in [-0.1, -0.05) is 47.6 Å². The average Bonchev–Trinajstić information content (AvgIpc) is 3.27. The standard InChI is InChI=1S/C24H27N3O3/c1-29-21-10-7-18(8-11-21)9-12-23(28)27-15-13-19(14-16-27)17-22-25-24(26-30-22)20-5-3-2-4-6-20/h2-8,10-11,19H,9,12-17H2,1H3. The third kappa shape index (κ3) is 5.06. The molecule has 1 aliphatic rings. The molecule has 0 N–H and O–H groups in total. The number of rotatable bonds is 7. The van der Waals surface area contributed by atoms with Gasteiger partial charge in [-0.3, -0.25) is 4.79 Å². The number of likely N-dealkylation sites (tertiary alicyclic amines) is 1. The first-order valence-electron chi connectivity index (χ1n) is 10.5. The van der Waals surface area contributed by atoms with Crippen molar-refractivity contribution in [3.05, 3.63) is 66.1 Å². The van der Waals surface area contributed by atoms with Gasteiger partial charge in [0.1, 0.15) is 5.75 Å². The highest BCUT2D eigenvalue weighted by atomic mass is 16.5. The Labute approximate surface area is 176 Å². The van der Waals surface area contributed by atoms with Crippen LogP contribution in [0.1, 0.15) is 30.7 Å². The molecular weight excluding hydrogens is 378 g/mol. The van der Waals surface area contributed by atoms with Crippen molar-refractivity contribution in [2.24, 2.45) is 5.92 Å². The number of hydrogen-bond donors (Lipinski definition) is 0. The second-order valence-corrected chi connectivity index (χ2v) is 7.75. The summed E-state index contributed by atoms with van der Waals surface area (Å²) in [7, 11) is 1.66. The van der Waals surface area contributed by atoms with Crippen LogP contribution >= 0.6 is 0 Å². The number of hydrogen-bond acceptors (Lipinski definition) is 5. The molecule has 6 heteroatoms. The highest BCUT2D eigenvalue weighted by molar-refractivity contribution is 5.76. The van der Waals surface area contributed by atoms with Crippen LogP contribution in [-0.2, 0) is 17.6 Å². The summed E-state index contributed by atoms with van der Waals surface area (Å²) in [5.74, 6) is 2.85. The van der Waals surface area contributed by atoms with Gasteiger partial charge in [0.15, 0.2) is 0 Å². The Balaban J connectivity index is 1.22. The monoisotopic (exact) mass is 405 g/mol. The lowest BCUT2D eigenvalue weighted by atomic mass is 9.93. The number of amides is 1. The normalized spacial score (nSPS) is 14.6. The van der Waals surface area contributed by atoms with Gasteiger partial charge in [-0.25, -0.2) is 0 Å². The number of nitrogens with zero attached hydrogens (tertiary/aromatic N) is 3. The Morgan fingerprint density at radius 1 is 1.10 bits per heavy atom. The first-order valence-corrected chi connectivity index (χ1v) is 10.5. The van der Waals surface area contributed by atoms with Crippen molar-refractivity contribution in [1.82, 2.24) is 15.0 Å². The molecular formula is C24H27N3O3. The molecule has 0 aliphatic carbocycles. The van der Waals surface area contributed by atoms with E-state index in [1.807, 2.05) is 59.5 Å². The zero-order chi connectivity index (χ0) is 20.8. The molecule has 0 unspecified atom stereocenters. The van der Waals surface area contributed by atoms with Crippen LogP contribution in [0, 0.1) is 5.92 Å². The summed E-state index contributed by atoms with van der Waals surface area (Å²) in [5, 5.41) is 4.10. The Bertz CT molecular complexity index is 945. The van der Waals surface area contributed by atoms with E-state index < -0.39 is 0 Å². The van der Waals surface area contributed by atoms with Gasteiger partial charge in [-0.15, -0.1) is 0 Å². The van der Waals surface area contributed by atoms with E-state index >= 15 is 0 Å². The van der Waals surface area contributed by atoms with E-state index in [2.05, 4.69) is 10.1 Å². The summed E-state index contributed by atoms with van der Waals surface area (Å²) in [4.78, 5) is 19.1. The van der Waals surface area contributed by atoms with Crippen LogP contribution < -0.4 is 4.74 Å². The molecule has 1 aromatic heterocycles. The molecule has 3 aromatic rings. The summed E-state index contributed by atoms with van der Waals surface area (Å²) < 4.78 is 10.6. The molecule has 30 heavy (non-hydrogen) atoms. The smallest absolute Gasteiger partial charge is 0.227 e. The zero-order valence-electron chi connectivity index (χ0n) is 17.3. The van der Waals surface area contributed by atoms with Crippen LogP contribution in [0.4, 0.5) is 0 Å². The van der Waals surface area contributed by atoms with E-state index in [0.29, 0.717) is 24.1 Å². The number of methoxy groups -OCH3 is 1. The quantitative estimate of drug-likeness (QED) is 0.590. The van der Waals surface area contributed by atoms with Gasteiger partial charge in [-0.2, -0.15) is 4.98 Å². The van der Waals surface area contributed by atoms with Crippen LogP contribution in [0.5, 0.6) is 5.75 Å². The van der Waals surface area contributed by atoms with Crippen LogP contribution in [0.3, 0.4) is 0 Å². The summed E-state index contributed by atoms with van der Waals surface area (Å²) in [6.07, 6.45) is 4.01. The molecule has 1 aliphatic heterocycles. The Kier molecular flexibility index (Phi) is 6.42. The van der Waals surface area contributed by atoms with Gasteiger partial charge in [0.05, 0.1) is 7.11 Å². The maximum atomic E-state index is 12.6. The van der Waals surface area contributed by atoms with Crippen molar-refractivity contribution in [2.45, 2.75) is 32.1 Å². The van der Waals surface area contributed by atoms with Gasteiger partial charge in [0.25, 0.3) is 0 Å². The van der Waals surface area contributed by atoms with Gasteiger partial charge < -0.3 is 14.2 Å². The largest absolute Gasteiger partial charge is 0.497 e. The number of aryl methyl sites for hydroxylation is 1. The second-order valence-electron chi connectivity index (χ2n) is 7.75. The summed E-state index contributed by atoms with van der Waals surface area (Å²) >= 11 is 0. The molecule has 6 nitrogen and oxygen atoms in total. The summed E-state index contributed by atoms with van der Waals surface area (Å²) in [6.45, 7) is 1.59. The van der Waals surface area contributed by atoms with E-state index in [0.717, 1.165) is 55.6 Å². The molecule has 2 heterocycles. The average molecular weight is 405 g/mol. The fourth-order valence-corrected chi connectivity index (χ4v) is 3.88. The van der Waals surface area contributed by atoms with Crippen molar-refractivity contribution in [1.29, 1.82) is 0 Å².